The number of benzene rings is 2. The van der Waals surface area contributed by atoms with Gasteiger partial charge in [0.15, 0.2) is 0 Å². The SMILES string of the molecule is COc1ccccc1[C@@H]1CC(c2cc(C)ccc2C)=NN1C(=O)CN(C)C(C)C. The van der Waals surface area contributed by atoms with Crippen LogP contribution >= 0.6 is 0 Å². The maximum atomic E-state index is 13.2. The largest absolute Gasteiger partial charge is 0.496 e. The molecule has 0 saturated carbocycles. The maximum Gasteiger partial charge on any atom is 0.257 e. The molecular weight excluding hydrogens is 362 g/mol. The molecule has 5 heteroatoms. The number of methoxy groups -OCH3 is 1. The van der Waals surface area contributed by atoms with E-state index in [9.17, 15) is 4.79 Å². The fourth-order valence-corrected chi connectivity index (χ4v) is 3.60. The molecule has 29 heavy (non-hydrogen) atoms. The van der Waals surface area contributed by atoms with Gasteiger partial charge in [-0.15, -0.1) is 0 Å². The smallest absolute Gasteiger partial charge is 0.257 e. The molecule has 154 valence electrons. The minimum atomic E-state index is -0.172. The predicted octanol–water partition coefficient (Wildman–Crippen LogP) is 4.33. The Balaban J connectivity index is 2.01. The van der Waals surface area contributed by atoms with E-state index in [1.165, 1.54) is 11.1 Å². The van der Waals surface area contributed by atoms with Crippen LogP contribution in [0.2, 0.25) is 0 Å². The van der Waals surface area contributed by atoms with Gasteiger partial charge in [0.1, 0.15) is 5.75 Å². The minimum Gasteiger partial charge on any atom is -0.496 e. The quantitative estimate of drug-likeness (QED) is 0.734. The van der Waals surface area contributed by atoms with Crippen LogP contribution in [-0.2, 0) is 4.79 Å². The summed E-state index contributed by atoms with van der Waals surface area (Å²) in [5.41, 5.74) is 5.40. The number of ether oxygens (including phenoxy) is 1. The number of carbonyl (C=O) groups is 1. The zero-order valence-electron chi connectivity index (χ0n) is 18.3. The topological polar surface area (TPSA) is 45.1 Å². The van der Waals surface area contributed by atoms with Crippen molar-refractivity contribution in [3.8, 4) is 5.75 Å². The number of para-hydroxylation sites is 1. The van der Waals surface area contributed by atoms with Crippen LogP contribution < -0.4 is 4.74 Å². The summed E-state index contributed by atoms with van der Waals surface area (Å²) >= 11 is 0. The Hall–Kier alpha value is -2.66. The molecule has 0 N–H and O–H groups in total. The third-order valence-electron chi connectivity index (χ3n) is 5.63. The van der Waals surface area contributed by atoms with Crippen LogP contribution in [0.1, 0.15) is 48.6 Å². The van der Waals surface area contributed by atoms with Crippen LogP contribution in [0.25, 0.3) is 0 Å². The van der Waals surface area contributed by atoms with Crippen LogP contribution in [-0.4, -0.2) is 48.3 Å². The second kappa shape index (κ2) is 8.78. The van der Waals surface area contributed by atoms with Gasteiger partial charge in [0.25, 0.3) is 5.91 Å². The average molecular weight is 394 g/mol. The number of likely N-dealkylation sites (N-methyl/N-ethyl adjacent to an activating group) is 1. The van der Waals surface area contributed by atoms with Gasteiger partial charge in [-0.2, -0.15) is 5.10 Å². The molecule has 0 aliphatic carbocycles. The van der Waals surface area contributed by atoms with E-state index in [0.717, 1.165) is 22.6 Å². The molecule has 0 saturated heterocycles. The average Bonchev–Trinajstić information content (AvgIpc) is 3.14. The molecule has 0 spiro atoms. The lowest BCUT2D eigenvalue weighted by Gasteiger charge is -2.27. The van der Waals surface area contributed by atoms with Crippen molar-refractivity contribution >= 4 is 11.6 Å². The highest BCUT2D eigenvalue weighted by Gasteiger charge is 2.35. The second-order valence-electron chi connectivity index (χ2n) is 8.07. The molecule has 0 bridgehead atoms. The molecule has 0 radical (unpaired) electrons. The van der Waals surface area contributed by atoms with Crippen molar-refractivity contribution in [3.05, 3.63) is 64.7 Å². The fourth-order valence-electron chi connectivity index (χ4n) is 3.60. The second-order valence-corrected chi connectivity index (χ2v) is 8.07. The van der Waals surface area contributed by atoms with Gasteiger partial charge in [-0.25, -0.2) is 5.01 Å². The molecule has 1 aliphatic rings. The summed E-state index contributed by atoms with van der Waals surface area (Å²) in [5, 5.41) is 6.48. The van der Waals surface area contributed by atoms with Crippen LogP contribution in [0.3, 0.4) is 0 Å². The number of hydrogen-bond acceptors (Lipinski definition) is 4. The Morgan fingerprint density at radius 2 is 1.97 bits per heavy atom. The van der Waals surface area contributed by atoms with Crippen molar-refractivity contribution in [2.24, 2.45) is 5.10 Å². The van der Waals surface area contributed by atoms with E-state index in [0.29, 0.717) is 13.0 Å². The molecule has 1 amide bonds. The highest BCUT2D eigenvalue weighted by molar-refractivity contribution is 6.04. The van der Waals surface area contributed by atoms with Gasteiger partial charge in [-0.1, -0.05) is 35.9 Å². The maximum absolute atomic E-state index is 13.2. The van der Waals surface area contributed by atoms with Gasteiger partial charge >= 0.3 is 0 Å². The summed E-state index contributed by atoms with van der Waals surface area (Å²) in [5.74, 6) is 0.780. The van der Waals surface area contributed by atoms with Gasteiger partial charge < -0.3 is 4.74 Å². The third kappa shape index (κ3) is 4.51. The molecule has 0 aromatic heterocycles. The number of carbonyl (C=O) groups excluding carboxylic acids is 1. The number of rotatable bonds is 6. The standard InChI is InChI=1S/C24H31N3O2/c1-16(2)26(5)15-24(28)27-22(19-9-7-8-10-23(19)29-6)14-21(25-27)20-13-17(3)11-12-18(20)4/h7-13,16,22H,14-15H2,1-6H3/t22-/m0/s1. The van der Waals surface area contributed by atoms with Gasteiger partial charge in [0.05, 0.1) is 25.4 Å². The number of hydrogen-bond donors (Lipinski definition) is 0. The van der Waals surface area contributed by atoms with Gasteiger partial charge in [-0.05, 0) is 52.4 Å². The summed E-state index contributed by atoms with van der Waals surface area (Å²) < 4.78 is 5.59. The number of nitrogens with zero attached hydrogens (tertiary/aromatic N) is 3. The van der Waals surface area contributed by atoms with Gasteiger partial charge in [-0.3, -0.25) is 9.69 Å². The van der Waals surface area contributed by atoms with Crippen LogP contribution in [0.4, 0.5) is 0 Å². The van der Waals surface area contributed by atoms with Crippen molar-refractivity contribution in [2.75, 3.05) is 20.7 Å². The zero-order valence-corrected chi connectivity index (χ0v) is 18.3. The van der Waals surface area contributed by atoms with Gasteiger partial charge in [0.2, 0.25) is 0 Å². The first-order valence-electron chi connectivity index (χ1n) is 10.1. The molecule has 2 aromatic carbocycles. The van der Waals surface area contributed by atoms with E-state index in [1.807, 2.05) is 36.2 Å². The fraction of sp³-hybridized carbons (Fsp3) is 0.417. The number of amides is 1. The Morgan fingerprint density at radius 1 is 1.24 bits per heavy atom. The summed E-state index contributed by atoms with van der Waals surface area (Å²) in [7, 11) is 3.63. The summed E-state index contributed by atoms with van der Waals surface area (Å²) in [6.07, 6.45) is 0.668. The summed E-state index contributed by atoms with van der Waals surface area (Å²) in [6.45, 7) is 8.66. The molecule has 1 aliphatic heterocycles. The highest BCUT2D eigenvalue weighted by atomic mass is 16.5. The normalized spacial score (nSPS) is 16.5. The van der Waals surface area contributed by atoms with Crippen molar-refractivity contribution in [3.63, 3.8) is 0 Å². The van der Waals surface area contributed by atoms with Crippen molar-refractivity contribution < 1.29 is 9.53 Å². The van der Waals surface area contributed by atoms with E-state index >= 15 is 0 Å². The van der Waals surface area contributed by atoms with Crippen molar-refractivity contribution in [1.82, 2.24) is 9.91 Å². The van der Waals surface area contributed by atoms with E-state index in [4.69, 9.17) is 9.84 Å². The number of hydrazone groups is 1. The Morgan fingerprint density at radius 3 is 2.66 bits per heavy atom. The first-order valence-corrected chi connectivity index (χ1v) is 10.1. The summed E-state index contributed by atoms with van der Waals surface area (Å²) in [4.78, 5) is 15.2. The predicted molar refractivity (Wildman–Crippen MR) is 117 cm³/mol. The first-order chi connectivity index (χ1) is 13.8. The van der Waals surface area contributed by atoms with Gasteiger partial charge in [0, 0.05) is 23.6 Å². The molecular formula is C24H31N3O2. The van der Waals surface area contributed by atoms with Crippen LogP contribution in [0.5, 0.6) is 5.75 Å². The minimum absolute atomic E-state index is 0.00240. The van der Waals surface area contributed by atoms with E-state index in [2.05, 4.69) is 45.9 Å². The first kappa shape index (κ1) is 21.1. The Labute approximate surface area is 174 Å². The lowest BCUT2D eigenvalue weighted by molar-refractivity contribution is -0.134. The molecule has 0 unspecified atom stereocenters. The molecule has 3 rings (SSSR count). The Bertz CT molecular complexity index is 920. The van der Waals surface area contributed by atoms with E-state index in [1.54, 1.807) is 12.1 Å². The van der Waals surface area contributed by atoms with Crippen molar-refractivity contribution in [1.29, 1.82) is 0 Å². The van der Waals surface area contributed by atoms with E-state index in [-0.39, 0.29) is 18.0 Å². The van der Waals surface area contributed by atoms with Crippen LogP contribution in [0, 0.1) is 13.8 Å². The van der Waals surface area contributed by atoms with Crippen molar-refractivity contribution in [2.45, 2.75) is 46.2 Å². The lowest BCUT2D eigenvalue weighted by Crippen LogP contribution is -2.39. The number of aryl methyl sites for hydroxylation is 2. The van der Waals surface area contributed by atoms with Crippen LogP contribution in [0.15, 0.2) is 47.6 Å². The molecule has 1 heterocycles. The zero-order chi connectivity index (χ0) is 21.1. The lowest BCUT2D eigenvalue weighted by atomic mass is 9.94. The third-order valence-corrected chi connectivity index (χ3v) is 5.63. The Kier molecular flexibility index (Phi) is 6.38. The van der Waals surface area contributed by atoms with E-state index < -0.39 is 0 Å². The molecule has 2 aromatic rings. The molecule has 0 fully saturated rings. The highest BCUT2D eigenvalue weighted by Crippen LogP contribution is 2.38. The molecule has 5 nitrogen and oxygen atoms in total. The monoisotopic (exact) mass is 393 g/mol. The summed E-state index contributed by atoms with van der Waals surface area (Å²) in [6, 6.07) is 14.4. The molecule has 1 atom stereocenters.